The first-order valence-corrected chi connectivity index (χ1v) is 6.30. The molecule has 1 atom stereocenters. The van der Waals surface area contributed by atoms with Crippen molar-refractivity contribution in [1.82, 2.24) is 4.90 Å². The highest BCUT2D eigenvalue weighted by Gasteiger charge is 2.35. The molecule has 0 radical (unpaired) electrons. The molecule has 1 fully saturated rings. The summed E-state index contributed by atoms with van der Waals surface area (Å²) in [5, 5.41) is 0. The molecule has 1 aliphatic rings. The van der Waals surface area contributed by atoms with Crippen molar-refractivity contribution < 1.29 is 9.53 Å². The minimum atomic E-state index is -0.220. The maximum atomic E-state index is 11.7. The topological polar surface area (TPSA) is 55.6 Å². The molecule has 98 valence electrons. The van der Waals surface area contributed by atoms with Gasteiger partial charge in [-0.1, -0.05) is 18.2 Å². The average Bonchev–Trinajstić information content (AvgIpc) is 3.20. The lowest BCUT2D eigenvalue weighted by molar-refractivity contribution is -0.146. The van der Waals surface area contributed by atoms with Gasteiger partial charge in [0.05, 0.1) is 7.11 Å². The van der Waals surface area contributed by atoms with Crippen LogP contribution in [-0.4, -0.2) is 30.1 Å². The van der Waals surface area contributed by atoms with Crippen LogP contribution >= 0.6 is 0 Å². The number of nitrogens with two attached hydrogens (primary N) is 1. The fourth-order valence-electron chi connectivity index (χ4n) is 2.17. The summed E-state index contributed by atoms with van der Waals surface area (Å²) >= 11 is 0. The molecule has 0 aliphatic heterocycles. The second-order valence-corrected chi connectivity index (χ2v) is 4.80. The number of benzene rings is 1. The van der Waals surface area contributed by atoms with Gasteiger partial charge in [-0.2, -0.15) is 0 Å². The fraction of sp³-hybridized carbons (Fsp3) is 0.500. The van der Waals surface area contributed by atoms with Crippen molar-refractivity contribution >= 4 is 11.7 Å². The second-order valence-electron chi connectivity index (χ2n) is 4.80. The summed E-state index contributed by atoms with van der Waals surface area (Å²) in [6.07, 6.45) is 2.29. The van der Waals surface area contributed by atoms with E-state index in [4.69, 9.17) is 10.5 Å². The van der Waals surface area contributed by atoms with E-state index < -0.39 is 0 Å². The Balaban J connectivity index is 2.12. The lowest BCUT2D eigenvalue weighted by Gasteiger charge is -2.27. The molecule has 1 aromatic carbocycles. The Bertz CT molecular complexity index is 430. The zero-order chi connectivity index (χ0) is 13.1. The summed E-state index contributed by atoms with van der Waals surface area (Å²) in [6.45, 7) is 2.59. The maximum Gasteiger partial charge on any atom is 0.322 e. The van der Waals surface area contributed by atoms with E-state index in [1.54, 1.807) is 0 Å². The number of carbonyl (C=O) groups is 1. The predicted molar refractivity (Wildman–Crippen MR) is 70.9 cm³/mol. The molecule has 1 saturated carbocycles. The van der Waals surface area contributed by atoms with Crippen LogP contribution in [0.1, 0.15) is 25.3 Å². The normalized spacial score (nSPS) is 16.6. The zero-order valence-corrected chi connectivity index (χ0v) is 10.9. The third-order valence-electron chi connectivity index (χ3n) is 3.46. The van der Waals surface area contributed by atoms with Gasteiger partial charge in [-0.25, -0.2) is 0 Å². The summed E-state index contributed by atoms with van der Waals surface area (Å²) in [6, 6.07) is 8.06. The van der Waals surface area contributed by atoms with Crippen molar-refractivity contribution in [1.29, 1.82) is 0 Å². The van der Waals surface area contributed by atoms with Gasteiger partial charge in [0, 0.05) is 18.3 Å². The summed E-state index contributed by atoms with van der Waals surface area (Å²) in [5.74, 6) is -0.184. The molecule has 0 heterocycles. The van der Waals surface area contributed by atoms with Gasteiger partial charge in [0.15, 0.2) is 0 Å². The minimum Gasteiger partial charge on any atom is -0.468 e. The van der Waals surface area contributed by atoms with Crippen LogP contribution < -0.4 is 5.73 Å². The number of para-hydroxylation sites is 1. The summed E-state index contributed by atoms with van der Waals surface area (Å²) < 4.78 is 4.83. The number of methoxy groups -OCH3 is 1. The van der Waals surface area contributed by atoms with Gasteiger partial charge >= 0.3 is 5.97 Å². The van der Waals surface area contributed by atoms with Gasteiger partial charge < -0.3 is 10.5 Å². The number of nitrogens with zero attached hydrogens (tertiary/aromatic N) is 1. The van der Waals surface area contributed by atoms with Gasteiger partial charge in [0.25, 0.3) is 0 Å². The van der Waals surface area contributed by atoms with Gasteiger partial charge in [-0.05, 0) is 31.4 Å². The average molecular weight is 248 g/mol. The second kappa shape index (κ2) is 5.40. The van der Waals surface area contributed by atoms with E-state index in [-0.39, 0.29) is 12.0 Å². The van der Waals surface area contributed by atoms with E-state index >= 15 is 0 Å². The summed E-state index contributed by atoms with van der Waals surface area (Å²) in [4.78, 5) is 13.8. The highest BCUT2D eigenvalue weighted by atomic mass is 16.5. The number of ether oxygens (including phenoxy) is 1. The highest BCUT2D eigenvalue weighted by Crippen LogP contribution is 2.31. The highest BCUT2D eigenvalue weighted by molar-refractivity contribution is 5.75. The number of nitrogen functional groups attached to an aromatic ring is 1. The van der Waals surface area contributed by atoms with Gasteiger partial charge in [-0.15, -0.1) is 0 Å². The molecular formula is C14H20N2O2. The van der Waals surface area contributed by atoms with Crippen molar-refractivity contribution in [3.63, 3.8) is 0 Å². The van der Waals surface area contributed by atoms with Crippen molar-refractivity contribution in [2.75, 3.05) is 12.8 Å². The van der Waals surface area contributed by atoms with Crippen molar-refractivity contribution in [3.8, 4) is 0 Å². The summed E-state index contributed by atoms with van der Waals surface area (Å²) in [7, 11) is 1.43. The number of rotatable bonds is 5. The van der Waals surface area contributed by atoms with Crippen LogP contribution in [0.2, 0.25) is 0 Å². The fourth-order valence-corrected chi connectivity index (χ4v) is 2.17. The lowest BCUT2D eigenvalue weighted by Crippen LogP contribution is -2.40. The number of esters is 1. The molecule has 0 spiro atoms. The quantitative estimate of drug-likeness (QED) is 0.637. The standard InChI is InChI=1S/C14H20N2O2/c1-10(14(17)18-2)16(12-7-8-12)9-11-5-3-4-6-13(11)15/h3-6,10,12H,7-9,15H2,1-2H3. The Labute approximate surface area is 108 Å². The smallest absolute Gasteiger partial charge is 0.322 e. The van der Waals surface area contributed by atoms with E-state index in [9.17, 15) is 4.79 Å². The van der Waals surface area contributed by atoms with E-state index in [0.29, 0.717) is 12.6 Å². The number of hydrogen-bond donors (Lipinski definition) is 1. The van der Waals surface area contributed by atoms with E-state index in [1.165, 1.54) is 7.11 Å². The molecule has 4 heteroatoms. The first kappa shape index (κ1) is 12.9. The van der Waals surface area contributed by atoms with Crippen LogP contribution in [0.15, 0.2) is 24.3 Å². The summed E-state index contributed by atoms with van der Waals surface area (Å²) in [5.41, 5.74) is 7.80. The lowest BCUT2D eigenvalue weighted by atomic mass is 10.1. The largest absolute Gasteiger partial charge is 0.468 e. The van der Waals surface area contributed by atoms with Crippen LogP contribution in [0, 0.1) is 0 Å². The van der Waals surface area contributed by atoms with Crippen LogP contribution in [0.4, 0.5) is 5.69 Å². The minimum absolute atomic E-state index is 0.184. The molecule has 0 aromatic heterocycles. The monoisotopic (exact) mass is 248 g/mol. The van der Waals surface area contributed by atoms with Crippen molar-refractivity contribution in [3.05, 3.63) is 29.8 Å². The Morgan fingerprint density at radius 1 is 1.50 bits per heavy atom. The number of hydrogen-bond acceptors (Lipinski definition) is 4. The number of carbonyl (C=O) groups excluding carboxylic acids is 1. The number of anilines is 1. The molecular weight excluding hydrogens is 228 g/mol. The molecule has 0 saturated heterocycles. The maximum absolute atomic E-state index is 11.7. The van der Waals surface area contributed by atoms with Crippen LogP contribution in [0.5, 0.6) is 0 Å². The Morgan fingerprint density at radius 3 is 2.72 bits per heavy atom. The SMILES string of the molecule is COC(=O)C(C)N(Cc1ccccc1N)C1CC1. The van der Waals surface area contributed by atoms with Gasteiger partial charge in [0.1, 0.15) is 6.04 Å². The molecule has 1 aromatic rings. The first-order chi connectivity index (χ1) is 8.63. The molecule has 0 amide bonds. The molecule has 1 aliphatic carbocycles. The Morgan fingerprint density at radius 2 is 2.17 bits per heavy atom. The predicted octanol–water partition coefficient (Wildman–Crippen LogP) is 1.79. The van der Waals surface area contributed by atoms with Crippen molar-refractivity contribution in [2.24, 2.45) is 0 Å². The zero-order valence-electron chi connectivity index (χ0n) is 10.9. The van der Waals surface area contributed by atoms with Crippen LogP contribution in [0.3, 0.4) is 0 Å². The molecule has 0 bridgehead atoms. The van der Waals surface area contributed by atoms with Gasteiger partial charge in [-0.3, -0.25) is 9.69 Å². The molecule has 2 N–H and O–H groups in total. The van der Waals surface area contributed by atoms with Crippen molar-refractivity contribution in [2.45, 2.75) is 38.4 Å². The molecule has 4 nitrogen and oxygen atoms in total. The first-order valence-electron chi connectivity index (χ1n) is 6.30. The molecule has 18 heavy (non-hydrogen) atoms. The van der Waals surface area contributed by atoms with E-state index in [1.807, 2.05) is 31.2 Å². The third kappa shape index (κ3) is 2.82. The van der Waals surface area contributed by atoms with Crippen LogP contribution in [-0.2, 0) is 16.1 Å². The Hall–Kier alpha value is -1.55. The van der Waals surface area contributed by atoms with E-state index in [0.717, 1.165) is 24.1 Å². The molecule has 2 rings (SSSR count). The molecule has 1 unspecified atom stereocenters. The van der Waals surface area contributed by atoms with Crippen LogP contribution in [0.25, 0.3) is 0 Å². The van der Waals surface area contributed by atoms with E-state index in [2.05, 4.69) is 4.90 Å². The Kier molecular flexibility index (Phi) is 3.87. The van der Waals surface area contributed by atoms with Gasteiger partial charge in [0.2, 0.25) is 0 Å². The third-order valence-corrected chi connectivity index (χ3v) is 3.46.